The van der Waals surface area contributed by atoms with E-state index in [4.69, 9.17) is 4.55 Å². The lowest BCUT2D eigenvalue weighted by Crippen LogP contribution is -2.16. The van der Waals surface area contributed by atoms with Crippen molar-refractivity contribution >= 4 is 38.2 Å². The van der Waals surface area contributed by atoms with E-state index in [2.05, 4.69) is 10.3 Å². The number of aromatic amines is 1. The zero-order valence-corrected chi connectivity index (χ0v) is 16.2. The highest BCUT2D eigenvalue weighted by Gasteiger charge is 2.28. The summed E-state index contributed by atoms with van der Waals surface area (Å²) < 4.78 is 31.6. The SMILES string of the molecule is O=C1c2ccccc2-c2cc(=O)[nH]c3ccc(Nc4ccc(S(=O)(=O)O)cc4)c1c23. The molecule has 0 bridgehead atoms. The highest BCUT2D eigenvalue weighted by atomic mass is 32.2. The minimum Gasteiger partial charge on any atom is -0.355 e. The fourth-order valence-electron chi connectivity index (χ4n) is 3.83. The van der Waals surface area contributed by atoms with Crippen LogP contribution in [0.2, 0.25) is 0 Å². The Balaban J connectivity index is 1.71. The summed E-state index contributed by atoms with van der Waals surface area (Å²) in [6.07, 6.45) is 0. The van der Waals surface area contributed by atoms with Crippen LogP contribution in [-0.4, -0.2) is 23.7 Å². The van der Waals surface area contributed by atoms with Gasteiger partial charge in [0.15, 0.2) is 5.78 Å². The molecule has 0 saturated carbocycles. The summed E-state index contributed by atoms with van der Waals surface area (Å²) in [7, 11) is -4.29. The maximum atomic E-state index is 13.3. The number of fused-ring (bicyclic) bond motifs is 2. The quantitative estimate of drug-likeness (QED) is 0.385. The fourth-order valence-corrected chi connectivity index (χ4v) is 4.31. The van der Waals surface area contributed by atoms with E-state index in [1.807, 2.05) is 12.1 Å². The van der Waals surface area contributed by atoms with Crippen LogP contribution in [0.1, 0.15) is 15.9 Å². The molecule has 8 heteroatoms. The number of rotatable bonds is 3. The molecule has 0 saturated heterocycles. The molecule has 1 heterocycles. The monoisotopic (exact) mass is 418 g/mol. The Kier molecular flexibility index (Phi) is 3.89. The van der Waals surface area contributed by atoms with Gasteiger partial charge in [-0.15, -0.1) is 0 Å². The van der Waals surface area contributed by atoms with E-state index in [0.717, 1.165) is 0 Å². The van der Waals surface area contributed by atoms with Gasteiger partial charge in [0.05, 0.1) is 16.1 Å². The van der Waals surface area contributed by atoms with Crippen molar-refractivity contribution in [3.05, 3.63) is 88.2 Å². The molecule has 0 atom stereocenters. The molecule has 0 aliphatic heterocycles. The van der Waals surface area contributed by atoms with Gasteiger partial charge in [-0.25, -0.2) is 0 Å². The first-order chi connectivity index (χ1) is 14.3. The van der Waals surface area contributed by atoms with Crippen molar-refractivity contribution in [2.75, 3.05) is 5.32 Å². The smallest absolute Gasteiger partial charge is 0.294 e. The summed E-state index contributed by atoms with van der Waals surface area (Å²) in [4.78, 5) is 28.0. The first kappa shape index (κ1) is 18.3. The molecule has 0 radical (unpaired) electrons. The highest BCUT2D eigenvalue weighted by Crippen LogP contribution is 2.41. The molecule has 148 valence electrons. The summed E-state index contributed by atoms with van der Waals surface area (Å²) in [5.41, 5.74) is 3.69. The van der Waals surface area contributed by atoms with Crippen molar-refractivity contribution < 1.29 is 17.8 Å². The summed E-state index contributed by atoms with van der Waals surface area (Å²) in [6.45, 7) is 0. The van der Waals surface area contributed by atoms with E-state index in [-0.39, 0.29) is 16.2 Å². The predicted octanol–water partition coefficient (Wildman–Crippen LogP) is 3.73. The van der Waals surface area contributed by atoms with Crippen molar-refractivity contribution in [2.45, 2.75) is 4.90 Å². The Labute approximate surface area is 170 Å². The third kappa shape index (κ3) is 2.81. The summed E-state index contributed by atoms with van der Waals surface area (Å²) in [5.74, 6) is -0.173. The zero-order valence-electron chi connectivity index (χ0n) is 15.3. The van der Waals surface area contributed by atoms with Crippen LogP contribution in [0, 0.1) is 0 Å². The van der Waals surface area contributed by atoms with Crippen molar-refractivity contribution in [3.63, 3.8) is 0 Å². The molecule has 0 unspecified atom stereocenters. The average Bonchev–Trinajstić information content (AvgIpc) is 2.72. The lowest BCUT2D eigenvalue weighted by molar-refractivity contribution is 0.104. The first-order valence-electron chi connectivity index (χ1n) is 9.02. The van der Waals surface area contributed by atoms with Crippen molar-refractivity contribution in [2.24, 2.45) is 0 Å². The first-order valence-corrected chi connectivity index (χ1v) is 10.5. The number of hydrogen-bond donors (Lipinski definition) is 3. The Hall–Kier alpha value is -3.75. The number of pyridine rings is 1. The van der Waals surface area contributed by atoms with E-state index in [1.165, 1.54) is 30.3 Å². The summed E-state index contributed by atoms with van der Waals surface area (Å²) >= 11 is 0. The molecular weight excluding hydrogens is 404 g/mol. The van der Waals surface area contributed by atoms with Gasteiger partial charge in [0.1, 0.15) is 0 Å². The Bertz CT molecular complexity index is 1520. The Morgan fingerprint density at radius 2 is 1.53 bits per heavy atom. The second-order valence-corrected chi connectivity index (χ2v) is 8.38. The molecule has 7 nitrogen and oxygen atoms in total. The molecule has 4 aromatic rings. The van der Waals surface area contributed by atoms with Crippen LogP contribution in [0.5, 0.6) is 0 Å². The van der Waals surface area contributed by atoms with Gasteiger partial charge in [0.2, 0.25) is 5.56 Å². The maximum Gasteiger partial charge on any atom is 0.294 e. The van der Waals surface area contributed by atoms with Crippen LogP contribution in [0.3, 0.4) is 0 Å². The molecule has 0 spiro atoms. The number of anilines is 2. The predicted molar refractivity (Wildman–Crippen MR) is 113 cm³/mol. The third-order valence-electron chi connectivity index (χ3n) is 5.13. The largest absolute Gasteiger partial charge is 0.355 e. The molecule has 1 aliphatic carbocycles. The number of aromatic nitrogens is 1. The molecular formula is C22H14N2O5S. The number of ketones is 1. The summed E-state index contributed by atoms with van der Waals surface area (Å²) in [6, 6.07) is 17.6. The molecule has 0 fully saturated rings. The normalized spacial score (nSPS) is 12.6. The highest BCUT2D eigenvalue weighted by molar-refractivity contribution is 7.85. The van der Waals surface area contributed by atoms with Crippen LogP contribution in [-0.2, 0) is 10.1 Å². The van der Waals surface area contributed by atoms with Gasteiger partial charge in [0, 0.05) is 28.2 Å². The van der Waals surface area contributed by atoms with Crippen LogP contribution in [0.4, 0.5) is 11.4 Å². The van der Waals surface area contributed by atoms with E-state index in [9.17, 15) is 18.0 Å². The van der Waals surface area contributed by atoms with E-state index >= 15 is 0 Å². The van der Waals surface area contributed by atoms with Gasteiger partial charge in [0.25, 0.3) is 10.1 Å². The van der Waals surface area contributed by atoms with Gasteiger partial charge in [-0.2, -0.15) is 8.42 Å². The van der Waals surface area contributed by atoms with Crippen LogP contribution >= 0.6 is 0 Å². The molecule has 5 rings (SSSR count). The second kappa shape index (κ2) is 6.38. The molecule has 30 heavy (non-hydrogen) atoms. The number of hydrogen-bond acceptors (Lipinski definition) is 5. The van der Waals surface area contributed by atoms with Crippen molar-refractivity contribution in [1.82, 2.24) is 4.98 Å². The van der Waals surface area contributed by atoms with Crippen LogP contribution in [0.15, 0.2) is 76.4 Å². The van der Waals surface area contributed by atoms with Gasteiger partial charge in [-0.1, -0.05) is 24.3 Å². The Morgan fingerprint density at radius 3 is 2.23 bits per heavy atom. The number of carbonyl (C=O) groups excluding carboxylic acids is 1. The zero-order chi connectivity index (χ0) is 21.0. The molecule has 3 N–H and O–H groups in total. The number of nitrogens with one attached hydrogen (secondary N) is 2. The number of carbonyl (C=O) groups is 1. The van der Waals surface area contributed by atoms with Crippen molar-refractivity contribution in [1.29, 1.82) is 0 Å². The van der Waals surface area contributed by atoms with Gasteiger partial charge in [-0.3, -0.25) is 14.1 Å². The summed E-state index contributed by atoms with van der Waals surface area (Å²) in [5, 5.41) is 3.79. The van der Waals surface area contributed by atoms with E-state index in [0.29, 0.717) is 44.5 Å². The minimum absolute atomic E-state index is 0.173. The average molecular weight is 418 g/mol. The van der Waals surface area contributed by atoms with Crippen molar-refractivity contribution in [3.8, 4) is 11.1 Å². The minimum atomic E-state index is -4.29. The van der Waals surface area contributed by atoms with E-state index in [1.54, 1.807) is 24.3 Å². The fraction of sp³-hybridized carbons (Fsp3) is 0. The van der Waals surface area contributed by atoms with Gasteiger partial charge in [-0.05, 0) is 47.5 Å². The standard InChI is InChI=1S/C22H14N2O5S/c25-19-11-16-14-3-1-2-4-15(14)22(26)21-18(10-9-17(24-19)20(16)21)23-12-5-7-13(8-6-12)30(27,28)29/h1-11,23H,(H,24,25)(H,27,28,29). The molecule has 1 aliphatic rings. The maximum absolute atomic E-state index is 13.3. The topological polar surface area (TPSA) is 116 Å². The molecule has 1 aromatic heterocycles. The molecule has 0 amide bonds. The Morgan fingerprint density at radius 1 is 0.833 bits per heavy atom. The van der Waals surface area contributed by atoms with Crippen LogP contribution < -0.4 is 10.9 Å². The second-order valence-electron chi connectivity index (χ2n) is 6.96. The third-order valence-corrected chi connectivity index (χ3v) is 6.00. The lowest BCUT2D eigenvalue weighted by Gasteiger charge is -2.22. The molecule has 3 aromatic carbocycles. The van der Waals surface area contributed by atoms with Gasteiger partial charge < -0.3 is 10.3 Å². The van der Waals surface area contributed by atoms with Gasteiger partial charge >= 0.3 is 0 Å². The lowest BCUT2D eigenvalue weighted by atomic mass is 9.83. The number of H-pyrrole nitrogens is 1. The van der Waals surface area contributed by atoms with E-state index < -0.39 is 10.1 Å². The number of benzene rings is 3. The van der Waals surface area contributed by atoms with Crippen LogP contribution in [0.25, 0.3) is 22.0 Å².